The number of carbonyl (C=O) groups is 6. The molecule has 254 valence electrons. The van der Waals surface area contributed by atoms with Gasteiger partial charge in [-0.3, -0.25) is 24.0 Å². The Labute approximate surface area is 276 Å². The van der Waals surface area contributed by atoms with Crippen molar-refractivity contribution in [2.75, 3.05) is 13.1 Å². The van der Waals surface area contributed by atoms with Crippen LogP contribution >= 0.6 is 11.6 Å². The number of ketones is 1. The maximum Gasteiger partial charge on any atom is 0.315 e. The molecule has 0 spiro atoms. The molecule has 1 aromatic carbocycles. The van der Waals surface area contributed by atoms with Crippen molar-refractivity contribution < 1.29 is 28.8 Å². The Hall–Kier alpha value is -3.67. The number of urea groups is 1. The van der Waals surface area contributed by atoms with Crippen LogP contribution in [0.1, 0.15) is 73.8 Å². The predicted octanol–water partition coefficient (Wildman–Crippen LogP) is 2.24. The van der Waals surface area contributed by atoms with E-state index in [1.165, 1.54) is 4.90 Å². The topological polar surface area (TPSA) is 166 Å². The fourth-order valence-electron chi connectivity index (χ4n) is 5.88. The molecule has 0 radical (unpaired) electrons. The summed E-state index contributed by atoms with van der Waals surface area (Å²) in [4.78, 5) is 79.6. The zero-order valence-corrected chi connectivity index (χ0v) is 28.8. The lowest BCUT2D eigenvalue weighted by molar-refractivity contribution is -0.145. The number of hydrogen-bond acceptors (Lipinski definition) is 6. The van der Waals surface area contributed by atoms with E-state index in [2.05, 4.69) is 26.6 Å². The SMILES string of the molecule is CCCC(NC(=O)C1C2C(CN1C(=O)C(NC(=O)NC(C)(C)C)C(C)(C)C)C2(C)Cl)C(=O)C(=O)NCC(=O)NCc1ccccc1. The van der Waals surface area contributed by atoms with Gasteiger partial charge in [0, 0.05) is 30.5 Å². The van der Waals surface area contributed by atoms with Gasteiger partial charge < -0.3 is 31.5 Å². The predicted molar refractivity (Wildman–Crippen MR) is 175 cm³/mol. The molecule has 46 heavy (non-hydrogen) atoms. The molecule has 6 unspecified atom stereocenters. The van der Waals surface area contributed by atoms with Crippen LogP contribution in [0, 0.1) is 17.3 Å². The Morgan fingerprint density at radius 3 is 2.17 bits per heavy atom. The monoisotopic (exact) mass is 660 g/mol. The number of piperidine rings is 1. The van der Waals surface area contributed by atoms with Crippen LogP contribution < -0.4 is 26.6 Å². The van der Waals surface area contributed by atoms with Gasteiger partial charge in [-0.2, -0.15) is 0 Å². The van der Waals surface area contributed by atoms with Gasteiger partial charge in [0.2, 0.25) is 23.5 Å². The summed E-state index contributed by atoms with van der Waals surface area (Å²) in [7, 11) is 0. The van der Waals surface area contributed by atoms with E-state index >= 15 is 0 Å². The Morgan fingerprint density at radius 2 is 1.61 bits per heavy atom. The van der Waals surface area contributed by atoms with E-state index < -0.39 is 75.9 Å². The third kappa shape index (κ3) is 9.20. The lowest BCUT2D eigenvalue weighted by atomic mass is 9.85. The molecule has 3 rings (SSSR count). The van der Waals surface area contributed by atoms with Crippen LogP contribution in [0.3, 0.4) is 0 Å². The number of rotatable bonds is 12. The average Bonchev–Trinajstić information content (AvgIpc) is 3.27. The minimum absolute atomic E-state index is 0.157. The van der Waals surface area contributed by atoms with Crippen molar-refractivity contribution in [2.45, 2.75) is 103 Å². The number of hydrogen-bond donors (Lipinski definition) is 5. The highest BCUT2D eigenvalue weighted by Crippen LogP contribution is 2.62. The molecular weight excluding hydrogens is 612 g/mol. The van der Waals surface area contributed by atoms with Crippen molar-refractivity contribution in [3.8, 4) is 0 Å². The number of benzene rings is 1. The van der Waals surface area contributed by atoms with Crippen molar-refractivity contribution in [1.29, 1.82) is 0 Å². The smallest absolute Gasteiger partial charge is 0.315 e. The highest BCUT2D eigenvalue weighted by Gasteiger charge is 2.72. The van der Waals surface area contributed by atoms with Gasteiger partial charge >= 0.3 is 6.03 Å². The molecule has 1 saturated carbocycles. The maximum absolute atomic E-state index is 14.0. The molecule has 6 amide bonds. The molecule has 2 fully saturated rings. The minimum Gasteiger partial charge on any atom is -0.350 e. The second kappa shape index (κ2) is 14.4. The Kier molecular flexibility index (Phi) is 11.5. The Bertz CT molecular complexity index is 1320. The van der Waals surface area contributed by atoms with Crippen LogP contribution in [0.5, 0.6) is 0 Å². The molecule has 2 aliphatic rings. The molecule has 6 atom stereocenters. The lowest BCUT2D eigenvalue weighted by Gasteiger charge is -2.38. The second-order valence-electron chi connectivity index (χ2n) is 14.5. The maximum atomic E-state index is 14.0. The van der Waals surface area contributed by atoms with Crippen molar-refractivity contribution in [3.05, 3.63) is 35.9 Å². The van der Waals surface area contributed by atoms with Crippen molar-refractivity contribution in [2.24, 2.45) is 17.3 Å². The second-order valence-corrected chi connectivity index (χ2v) is 15.3. The first-order valence-corrected chi connectivity index (χ1v) is 16.2. The molecule has 5 N–H and O–H groups in total. The standard InChI is InChI=1S/C33H49ClN6O6/c1-9-13-21(25(42)28(44)36-17-22(41)35-16-19-14-11-10-12-15-19)37-27(43)24-23-20(33(23,8)34)18-40(24)29(45)26(31(2,3)4)38-30(46)39-32(5,6)7/h10-12,14-15,20-21,23-24,26H,9,13,16-18H2,1-8H3,(H,35,41)(H,36,44)(H,37,43)(H2,38,39,46). The normalized spacial score (nSPS) is 23.3. The van der Waals surface area contributed by atoms with Crippen LogP contribution in [0.25, 0.3) is 0 Å². The van der Waals surface area contributed by atoms with Gasteiger partial charge in [-0.15, -0.1) is 11.6 Å². The number of nitrogens with zero attached hydrogens (tertiary/aromatic N) is 1. The number of fused-ring (bicyclic) bond motifs is 1. The van der Waals surface area contributed by atoms with Crippen LogP contribution in [0.4, 0.5) is 4.79 Å². The van der Waals surface area contributed by atoms with Gasteiger partial charge in [0.05, 0.1) is 17.5 Å². The molecule has 1 aliphatic carbocycles. The number of nitrogens with one attached hydrogen (secondary N) is 5. The summed E-state index contributed by atoms with van der Waals surface area (Å²) in [6.07, 6.45) is 0.650. The molecule has 1 aromatic rings. The number of halogens is 1. The number of carbonyl (C=O) groups excluding carboxylic acids is 6. The first kappa shape index (κ1) is 36.8. The van der Waals surface area contributed by atoms with E-state index in [1.807, 2.05) is 85.7 Å². The quantitative estimate of drug-likeness (QED) is 0.170. The zero-order valence-electron chi connectivity index (χ0n) is 28.1. The molecule has 0 bridgehead atoms. The first-order valence-electron chi connectivity index (χ1n) is 15.8. The molecule has 1 aliphatic heterocycles. The molecule has 12 nitrogen and oxygen atoms in total. The van der Waals surface area contributed by atoms with Gasteiger partial charge in [-0.1, -0.05) is 64.4 Å². The number of alkyl halides is 1. The van der Waals surface area contributed by atoms with Gasteiger partial charge in [0.25, 0.3) is 5.91 Å². The molecular formula is C33H49ClN6O6. The van der Waals surface area contributed by atoms with E-state index in [-0.39, 0.29) is 31.3 Å². The highest BCUT2D eigenvalue weighted by molar-refractivity contribution is 6.38. The fraction of sp³-hybridized carbons (Fsp3) is 0.636. The number of likely N-dealkylation sites (tertiary alicyclic amines) is 1. The average molecular weight is 661 g/mol. The summed E-state index contributed by atoms with van der Waals surface area (Å²) in [5, 5.41) is 13.3. The summed E-state index contributed by atoms with van der Waals surface area (Å²) in [5.41, 5.74) is -0.351. The van der Waals surface area contributed by atoms with Gasteiger partial charge in [0.15, 0.2) is 0 Å². The number of Topliss-reactive ketones (excluding diaryl/α,β-unsaturated/α-hetero) is 1. The number of amides is 6. The van der Waals surface area contributed by atoms with E-state index in [1.54, 1.807) is 0 Å². The lowest BCUT2D eigenvalue weighted by Crippen LogP contribution is -2.62. The highest BCUT2D eigenvalue weighted by atomic mass is 35.5. The van der Waals surface area contributed by atoms with E-state index in [0.29, 0.717) is 6.42 Å². The van der Waals surface area contributed by atoms with Crippen LogP contribution in [0.2, 0.25) is 0 Å². The fourth-order valence-corrected chi connectivity index (χ4v) is 6.29. The summed E-state index contributed by atoms with van der Waals surface area (Å²) < 4.78 is 0. The Balaban J connectivity index is 1.70. The summed E-state index contributed by atoms with van der Waals surface area (Å²) in [6, 6.07) is 5.59. The van der Waals surface area contributed by atoms with Gasteiger partial charge in [-0.25, -0.2) is 4.79 Å². The first-order chi connectivity index (χ1) is 21.3. The molecule has 1 saturated heterocycles. The van der Waals surface area contributed by atoms with Crippen molar-refractivity contribution in [1.82, 2.24) is 31.5 Å². The largest absolute Gasteiger partial charge is 0.350 e. The molecule has 0 aromatic heterocycles. The van der Waals surface area contributed by atoms with Crippen molar-refractivity contribution >= 4 is 47.0 Å². The molecule has 1 heterocycles. The summed E-state index contributed by atoms with van der Waals surface area (Å²) in [6.45, 7) is 14.6. The van der Waals surface area contributed by atoms with Crippen LogP contribution in [-0.2, 0) is 30.5 Å². The van der Waals surface area contributed by atoms with Crippen LogP contribution in [0.15, 0.2) is 30.3 Å². The van der Waals surface area contributed by atoms with E-state index in [0.717, 1.165) is 5.56 Å². The third-order valence-corrected chi connectivity index (χ3v) is 8.91. The summed E-state index contributed by atoms with van der Waals surface area (Å²) in [5.74, 6) is -3.93. The van der Waals surface area contributed by atoms with E-state index in [9.17, 15) is 28.8 Å². The minimum atomic E-state index is -1.17. The summed E-state index contributed by atoms with van der Waals surface area (Å²) >= 11 is 6.72. The van der Waals surface area contributed by atoms with E-state index in [4.69, 9.17) is 11.6 Å². The van der Waals surface area contributed by atoms with Gasteiger partial charge in [0.1, 0.15) is 12.1 Å². The van der Waals surface area contributed by atoms with Gasteiger partial charge in [-0.05, 0) is 45.1 Å². The zero-order chi connectivity index (χ0) is 34.6. The van der Waals surface area contributed by atoms with Crippen molar-refractivity contribution in [3.63, 3.8) is 0 Å². The third-order valence-electron chi connectivity index (χ3n) is 8.38. The molecule has 13 heteroatoms. The van der Waals surface area contributed by atoms with Crippen LogP contribution in [-0.4, -0.2) is 82.0 Å². The Morgan fingerprint density at radius 1 is 0.978 bits per heavy atom.